The second kappa shape index (κ2) is 7.26. The summed E-state index contributed by atoms with van der Waals surface area (Å²) in [4.78, 5) is 21.5. The maximum Gasteiger partial charge on any atom is 0.411 e. The lowest BCUT2D eigenvalue weighted by Gasteiger charge is -2.26. The van der Waals surface area contributed by atoms with Crippen molar-refractivity contribution >= 4 is 22.8 Å². The third-order valence-corrected chi connectivity index (χ3v) is 3.99. The van der Waals surface area contributed by atoms with Crippen LogP contribution in [0.25, 0.3) is 11.0 Å². The van der Waals surface area contributed by atoms with Gasteiger partial charge in [-0.3, -0.25) is 5.32 Å². The summed E-state index contributed by atoms with van der Waals surface area (Å²) in [5.41, 5.74) is 2.30. The minimum Gasteiger partial charge on any atom is -0.449 e. The Morgan fingerprint density at radius 3 is 3.05 bits per heavy atom. The predicted molar refractivity (Wildman–Crippen MR) is 86.0 cm³/mol. The van der Waals surface area contributed by atoms with Crippen LogP contribution in [0, 0.1) is 0 Å². The van der Waals surface area contributed by atoms with Gasteiger partial charge in [-0.1, -0.05) is 12.5 Å². The van der Waals surface area contributed by atoms with Gasteiger partial charge in [-0.05, 0) is 44.5 Å². The van der Waals surface area contributed by atoms with Crippen LogP contribution in [0.1, 0.15) is 25.7 Å². The van der Waals surface area contributed by atoms with Crippen LogP contribution >= 0.6 is 0 Å². The molecule has 22 heavy (non-hydrogen) atoms. The van der Waals surface area contributed by atoms with E-state index in [1.165, 1.54) is 32.4 Å². The average molecular weight is 302 g/mol. The van der Waals surface area contributed by atoms with Crippen LogP contribution in [0.2, 0.25) is 0 Å². The second-order valence-electron chi connectivity index (χ2n) is 5.62. The normalized spacial score (nSPS) is 15.8. The number of nitrogens with one attached hydrogen (secondary N) is 2. The van der Waals surface area contributed by atoms with Gasteiger partial charge in [0.25, 0.3) is 0 Å². The van der Waals surface area contributed by atoms with Crippen molar-refractivity contribution in [2.24, 2.45) is 0 Å². The molecule has 0 aliphatic carbocycles. The molecule has 1 aromatic heterocycles. The Kier molecular flexibility index (Phi) is 4.90. The van der Waals surface area contributed by atoms with Crippen molar-refractivity contribution < 1.29 is 9.53 Å². The summed E-state index contributed by atoms with van der Waals surface area (Å²) in [6.07, 6.45) is 5.98. The van der Waals surface area contributed by atoms with Gasteiger partial charge in [-0.15, -0.1) is 0 Å². The van der Waals surface area contributed by atoms with Gasteiger partial charge in [0, 0.05) is 6.54 Å². The van der Waals surface area contributed by atoms with Gasteiger partial charge in [-0.25, -0.2) is 9.78 Å². The molecule has 2 heterocycles. The van der Waals surface area contributed by atoms with Crippen molar-refractivity contribution in [3.05, 3.63) is 24.5 Å². The number of carbonyl (C=O) groups excluding carboxylic acids is 1. The van der Waals surface area contributed by atoms with E-state index < -0.39 is 6.09 Å². The third-order valence-electron chi connectivity index (χ3n) is 3.99. The Morgan fingerprint density at radius 1 is 1.32 bits per heavy atom. The summed E-state index contributed by atoms with van der Waals surface area (Å²) >= 11 is 0. The van der Waals surface area contributed by atoms with Crippen molar-refractivity contribution in [2.45, 2.75) is 25.7 Å². The number of H-pyrrole nitrogens is 1. The molecule has 1 fully saturated rings. The van der Waals surface area contributed by atoms with Crippen LogP contribution in [0.3, 0.4) is 0 Å². The van der Waals surface area contributed by atoms with Crippen LogP contribution in [0.5, 0.6) is 0 Å². The number of nitrogens with zero attached hydrogens (tertiary/aromatic N) is 2. The Balaban J connectivity index is 1.41. The number of benzene rings is 1. The third kappa shape index (κ3) is 3.76. The van der Waals surface area contributed by atoms with Crippen molar-refractivity contribution in [3.8, 4) is 0 Å². The zero-order chi connectivity index (χ0) is 15.2. The molecular formula is C16H22N4O2. The van der Waals surface area contributed by atoms with Gasteiger partial charge in [0.15, 0.2) is 0 Å². The number of rotatable bonds is 5. The fraction of sp³-hybridized carbons (Fsp3) is 0.500. The molecule has 1 aliphatic rings. The fourth-order valence-electron chi connectivity index (χ4n) is 2.85. The smallest absolute Gasteiger partial charge is 0.411 e. The van der Waals surface area contributed by atoms with Crippen molar-refractivity contribution in [3.63, 3.8) is 0 Å². The molecule has 118 valence electrons. The molecule has 1 aromatic carbocycles. The Labute approximate surface area is 129 Å². The van der Waals surface area contributed by atoms with E-state index in [2.05, 4.69) is 20.2 Å². The number of anilines is 1. The van der Waals surface area contributed by atoms with E-state index >= 15 is 0 Å². The topological polar surface area (TPSA) is 70.2 Å². The summed E-state index contributed by atoms with van der Waals surface area (Å²) in [7, 11) is 0. The van der Waals surface area contributed by atoms with Crippen LogP contribution in [-0.4, -0.2) is 47.2 Å². The Hall–Kier alpha value is -2.08. The molecule has 1 aliphatic heterocycles. The molecule has 2 aromatic rings. The van der Waals surface area contributed by atoms with Crippen LogP contribution in [0.4, 0.5) is 10.5 Å². The summed E-state index contributed by atoms with van der Waals surface area (Å²) in [6.45, 7) is 3.79. The highest BCUT2D eigenvalue weighted by Gasteiger charge is 2.11. The molecule has 6 heteroatoms. The lowest BCUT2D eigenvalue weighted by atomic mass is 10.1. The van der Waals surface area contributed by atoms with E-state index in [1.807, 2.05) is 18.2 Å². The lowest BCUT2D eigenvalue weighted by molar-refractivity contribution is 0.148. The van der Waals surface area contributed by atoms with Gasteiger partial charge < -0.3 is 14.6 Å². The second-order valence-corrected chi connectivity index (χ2v) is 5.62. The van der Waals surface area contributed by atoms with Crippen LogP contribution in [0.15, 0.2) is 24.5 Å². The highest BCUT2D eigenvalue weighted by molar-refractivity contribution is 5.96. The Bertz CT molecular complexity index is 619. The largest absolute Gasteiger partial charge is 0.449 e. The molecule has 0 atom stereocenters. The molecule has 0 bridgehead atoms. The molecule has 0 radical (unpaired) electrons. The monoisotopic (exact) mass is 302 g/mol. The zero-order valence-electron chi connectivity index (χ0n) is 12.7. The number of amides is 1. The number of carbonyl (C=O) groups is 1. The van der Waals surface area contributed by atoms with E-state index in [-0.39, 0.29) is 0 Å². The maximum atomic E-state index is 11.8. The molecule has 0 unspecified atom stereocenters. The van der Waals surface area contributed by atoms with Gasteiger partial charge >= 0.3 is 6.09 Å². The number of imidazole rings is 1. The number of hydrogen-bond acceptors (Lipinski definition) is 4. The number of piperidine rings is 1. The number of aromatic nitrogens is 2. The minimum atomic E-state index is -0.422. The van der Waals surface area contributed by atoms with E-state index in [0.717, 1.165) is 24.0 Å². The quantitative estimate of drug-likeness (QED) is 0.833. The first-order valence-corrected chi connectivity index (χ1v) is 7.91. The van der Waals surface area contributed by atoms with E-state index in [0.29, 0.717) is 12.3 Å². The SMILES string of the molecule is O=C(Nc1cccc2[nH]cnc12)OCCCN1CCCCC1. The summed E-state index contributed by atoms with van der Waals surface area (Å²) in [6, 6.07) is 5.60. The number of aromatic amines is 1. The van der Waals surface area contributed by atoms with E-state index in [1.54, 1.807) is 6.33 Å². The molecule has 1 amide bonds. The molecule has 0 spiro atoms. The zero-order valence-corrected chi connectivity index (χ0v) is 12.7. The van der Waals surface area contributed by atoms with E-state index in [4.69, 9.17) is 4.74 Å². The first-order chi connectivity index (χ1) is 10.8. The average Bonchev–Trinajstić information content (AvgIpc) is 3.02. The van der Waals surface area contributed by atoms with Crippen LogP contribution < -0.4 is 5.32 Å². The first kappa shape index (κ1) is 14.8. The molecular weight excluding hydrogens is 280 g/mol. The van der Waals surface area contributed by atoms with Crippen molar-refractivity contribution in [2.75, 3.05) is 31.6 Å². The highest BCUT2D eigenvalue weighted by atomic mass is 16.5. The summed E-state index contributed by atoms with van der Waals surface area (Å²) in [5.74, 6) is 0. The minimum absolute atomic E-state index is 0.422. The number of ether oxygens (including phenoxy) is 1. The highest BCUT2D eigenvalue weighted by Crippen LogP contribution is 2.19. The van der Waals surface area contributed by atoms with Gasteiger partial charge in [0.1, 0.15) is 5.52 Å². The molecule has 1 saturated heterocycles. The summed E-state index contributed by atoms with van der Waals surface area (Å²) in [5, 5.41) is 2.75. The van der Waals surface area contributed by atoms with Crippen molar-refractivity contribution in [1.82, 2.24) is 14.9 Å². The molecule has 0 saturated carbocycles. The van der Waals surface area contributed by atoms with Gasteiger partial charge in [0.2, 0.25) is 0 Å². The molecule has 2 N–H and O–H groups in total. The first-order valence-electron chi connectivity index (χ1n) is 7.91. The number of hydrogen-bond donors (Lipinski definition) is 2. The van der Waals surface area contributed by atoms with Crippen molar-refractivity contribution in [1.29, 1.82) is 0 Å². The lowest BCUT2D eigenvalue weighted by Crippen LogP contribution is -2.31. The maximum absolute atomic E-state index is 11.8. The summed E-state index contributed by atoms with van der Waals surface area (Å²) < 4.78 is 5.25. The Morgan fingerprint density at radius 2 is 2.18 bits per heavy atom. The van der Waals surface area contributed by atoms with Gasteiger partial charge in [-0.2, -0.15) is 0 Å². The molecule has 3 rings (SSSR count). The number of para-hydroxylation sites is 1. The van der Waals surface area contributed by atoms with Crippen LogP contribution in [-0.2, 0) is 4.74 Å². The number of likely N-dealkylation sites (tertiary alicyclic amines) is 1. The fourth-order valence-corrected chi connectivity index (χ4v) is 2.85. The van der Waals surface area contributed by atoms with E-state index in [9.17, 15) is 4.79 Å². The molecule has 6 nitrogen and oxygen atoms in total. The number of fused-ring (bicyclic) bond motifs is 1. The van der Waals surface area contributed by atoms with Gasteiger partial charge in [0.05, 0.1) is 24.1 Å². The standard InChI is InChI=1S/C16H22N4O2/c21-16(22-11-5-10-20-8-2-1-3-9-20)19-14-7-4-6-13-15(14)18-12-17-13/h4,6-7,12H,1-3,5,8-11H2,(H,17,18)(H,19,21). The predicted octanol–water partition coefficient (Wildman–Crippen LogP) is 2.99.